The van der Waals surface area contributed by atoms with Gasteiger partial charge in [-0.2, -0.15) is 0 Å². The van der Waals surface area contributed by atoms with E-state index in [9.17, 15) is 17.6 Å². The number of benzene rings is 1. The second-order valence-corrected chi connectivity index (χ2v) is 6.83. The number of hydrogen-bond acceptors (Lipinski definition) is 4. The first-order chi connectivity index (χ1) is 9.85. The molecular formula is C13H19ClFN3O3S. The van der Waals surface area contributed by atoms with Crippen molar-refractivity contribution in [3.05, 3.63) is 29.6 Å². The molecular weight excluding hydrogens is 333 g/mol. The number of hydrogen-bond donors (Lipinski definition) is 3. The van der Waals surface area contributed by atoms with Crippen LogP contribution in [0, 0.1) is 5.82 Å². The van der Waals surface area contributed by atoms with E-state index in [1.807, 2.05) is 0 Å². The van der Waals surface area contributed by atoms with Crippen molar-refractivity contribution in [1.82, 2.24) is 10.6 Å². The maximum atomic E-state index is 13.3. The maximum Gasteiger partial charge on any atom is 0.253 e. The molecule has 0 saturated carbocycles. The average Bonchev–Trinajstić information content (AvgIpc) is 2.40. The van der Waals surface area contributed by atoms with E-state index in [0.29, 0.717) is 6.54 Å². The summed E-state index contributed by atoms with van der Waals surface area (Å²) in [7, 11) is -3.54. The third-order valence-electron chi connectivity index (χ3n) is 3.15. The fraction of sp³-hybridized carbons (Fsp3) is 0.462. The lowest BCUT2D eigenvalue weighted by Crippen LogP contribution is -2.45. The quantitative estimate of drug-likeness (QED) is 0.758. The number of nitrogens with one attached hydrogen (secondary N) is 3. The van der Waals surface area contributed by atoms with Gasteiger partial charge in [0.2, 0.25) is 10.0 Å². The predicted molar refractivity (Wildman–Crippen MR) is 85.5 cm³/mol. The number of halogens is 2. The number of rotatable bonds is 4. The van der Waals surface area contributed by atoms with Crippen LogP contribution in [0.15, 0.2) is 18.2 Å². The highest BCUT2D eigenvalue weighted by Crippen LogP contribution is 2.18. The molecule has 22 heavy (non-hydrogen) atoms. The van der Waals surface area contributed by atoms with Crippen LogP contribution in [0.25, 0.3) is 0 Å². The monoisotopic (exact) mass is 351 g/mol. The largest absolute Gasteiger partial charge is 0.348 e. The molecule has 1 amide bonds. The standard InChI is InChI=1S/C13H18FN3O3S.ClH/c1-21(19,20)17-12-5-4-9(14)7-11(12)13(18)16-10-3-2-6-15-8-10;/h4-5,7,10,15,17H,2-3,6,8H2,1H3,(H,16,18);1H. The molecule has 1 unspecified atom stereocenters. The summed E-state index contributed by atoms with van der Waals surface area (Å²) in [5, 5.41) is 5.94. The molecule has 0 bridgehead atoms. The third kappa shape index (κ3) is 5.43. The van der Waals surface area contributed by atoms with E-state index in [-0.39, 0.29) is 29.7 Å². The molecule has 1 atom stereocenters. The van der Waals surface area contributed by atoms with Gasteiger partial charge in [-0.15, -0.1) is 12.4 Å². The molecule has 9 heteroatoms. The Morgan fingerprint density at radius 1 is 1.41 bits per heavy atom. The summed E-state index contributed by atoms with van der Waals surface area (Å²) in [6.07, 6.45) is 2.76. The van der Waals surface area contributed by atoms with E-state index in [4.69, 9.17) is 0 Å². The second kappa shape index (κ2) is 7.75. The van der Waals surface area contributed by atoms with Gasteiger partial charge in [-0.05, 0) is 37.6 Å². The molecule has 1 fully saturated rings. The van der Waals surface area contributed by atoms with Gasteiger partial charge >= 0.3 is 0 Å². The minimum Gasteiger partial charge on any atom is -0.348 e. The molecule has 1 aliphatic heterocycles. The van der Waals surface area contributed by atoms with Crippen LogP contribution in [0.1, 0.15) is 23.2 Å². The number of sulfonamides is 1. The summed E-state index contributed by atoms with van der Waals surface area (Å²) >= 11 is 0. The van der Waals surface area contributed by atoms with Crippen molar-refractivity contribution < 1.29 is 17.6 Å². The van der Waals surface area contributed by atoms with Gasteiger partial charge in [-0.1, -0.05) is 0 Å². The van der Waals surface area contributed by atoms with Crippen molar-refractivity contribution in [2.45, 2.75) is 18.9 Å². The van der Waals surface area contributed by atoms with Crippen LogP contribution in [-0.4, -0.2) is 39.7 Å². The highest BCUT2D eigenvalue weighted by molar-refractivity contribution is 7.92. The summed E-state index contributed by atoms with van der Waals surface area (Å²) in [4.78, 5) is 12.2. The minimum atomic E-state index is -3.54. The molecule has 3 N–H and O–H groups in total. The summed E-state index contributed by atoms with van der Waals surface area (Å²) < 4.78 is 38.2. The van der Waals surface area contributed by atoms with Gasteiger partial charge in [0.05, 0.1) is 17.5 Å². The molecule has 0 spiro atoms. The van der Waals surface area contributed by atoms with Crippen molar-refractivity contribution in [1.29, 1.82) is 0 Å². The van der Waals surface area contributed by atoms with Gasteiger partial charge in [0, 0.05) is 12.6 Å². The van der Waals surface area contributed by atoms with Gasteiger partial charge in [0.15, 0.2) is 0 Å². The highest BCUT2D eigenvalue weighted by atomic mass is 35.5. The molecule has 1 aromatic rings. The summed E-state index contributed by atoms with van der Waals surface area (Å²) in [5.41, 5.74) is 0.0474. The Labute approximate surface area is 135 Å². The number of amides is 1. The van der Waals surface area contributed by atoms with Crippen LogP contribution in [0.5, 0.6) is 0 Å². The van der Waals surface area contributed by atoms with Gasteiger partial charge in [-0.3, -0.25) is 9.52 Å². The molecule has 0 aliphatic carbocycles. The summed E-state index contributed by atoms with van der Waals surface area (Å²) in [5.74, 6) is -1.09. The first-order valence-corrected chi connectivity index (χ1v) is 8.53. The van der Waals surface area contributed by atoms with Gasteiger partial charge in [-0.25, -0.2) is 12.8 Å². The fourth-order valence-corrected chi connectivity index (χ4v) is 2.81. The van der Waals surface area contributed by atoms with Gasteiger partial charge in [0.25, 0.3) is 5.91 Å². The molecule has 2 rings (SSSR count). The van der Waals surface area contributed by atoms with Gasteiger partial charge in [0.1, 0.15) is 5.82 Å². The molecule has 124 valence electrons. The van der Waals surface area contributed by atoms with Crippen molar-refractivity contribution in [3.8, 4) is 0 Å². The summed E-state index contributed by atoms with van der Waals surface area (Å²) in [6, 6.07) is 3.33. The fourth-order valence-electron chi connectivity index (χ4n) is 2.23. The zero-order valence-electron chi connectivity index (χ0n) is 12.1. The molecule has 6 nitrogen and oxygen atoms in total. The number of carbonyl (C=O) groups excluding carboxylic acids is 1. The third-order valence-corrected chi connectivity index (χ3v) is 3.74. The van der Waals surface area contributed by atoms with Crippen LogP contribution in [-0.2, 0) is 10.0 Å². The molecule has 1 saturated heterocycles. The van der Waals surface area contributed by atoms with E-state index in [2.05, 4.69) is 15.4 Å². The second-order valence-electron chi connectivity index (χ2n) is 5.08. The molecule has 1 aliphatic rings. The number of carbonyl (C=O) groups is 1. The Kier molecular flexibility index (Phi) is 6.58. The minimum absolute atomic E-state index is 0. The van der Waals surface area contributed by atoms with E-state index >= 15 is 0 Å². The Bertz CT molecular complexity index is 633. The van der Waals surface area contributed by atoms with Crippen molar-refractivity contribution in [2.75, 3.05) is 24.1 Å². The summed E-state index contributed by atoms with van der Waals surface area (Å²) in [6.45, 7) is 1.56. The Balaban J connectivity index is 0.00000242. The van der Waals surface area contributed by atoms with E-state index in [1.54, 1.807) is 0 Å². The predicted octanol–water partition coefficient (Wildman–Crippen LogP) is 1.10. The number of anilines is 1. The maximum absolute atomic E-state index is 13.3. The lowest BCUT2D eigenvalue weighted by molar-refractivity contribution is 0.0931. The molecule has 0 aromatic heterocycles. The van der Waals surface area contributed by atoms with Gasteiger partial charge < -0.3 is 10.6 Å². The lowest BCUT2D eigenvalue weighted by atomic mass is 10.1. The lowest BCUT2D eigenvalue weighted by Gasteiger charge is -2.24. The van der Waals surface area contributed by atoms with Crippen LogP contribution >= 0.6 is 12.4 Å². The molecule has 1 aromatic carbocycles. The van der Waals surface area contributed by atoms with Crippen LogP contribution in [0.4, 0.5) is 10.1 Å². The van der Waals surface area contributed by atoms with Crippen molar-refractivity contribution in [3.63, 3.8) is 0 Å². The Hall–Kier alpha value is -1.38. The average molecular weight is 352 g/mol. The number of piperidine rings is 1. The van der Waals surface area contributed by atoms with E-state index in [1.165, 1.54) is 6.07 Å². The first kappa shape index (κ1) is 18.7. The van der Waals surface area contributed by atoms with Crippen molar-refractivity contribution >= 4 is 34.0 Å². The normalized spacial score (nSPS) is 18.2. The SMILES string of the molecule is CS(=O)(=O)Nc1ccc(F)cc1C(=O)NC1CCCNC1.Cl. The smallest absolute Gasteiger partial charge is 0.253 e. The zero-order valence-corrected chi connectivity index (χ0v) is 13.7. The van der Waals surface area contributed by atoms with Crippen LogP contribution < -0.4 is 15.4 Å². The zero-order chi connectivity index (χ0) is 15.5. The van der Waals surface area contributed by atoms with Crippen LogP contribution in [0.3, 0.4) is 0 Å². The topological polar surface area (TPSA) is 87.3 Å². The highest BCUT2D eigenvalue weighted by Gasteiger charge is 2.20. The molecule has 1 heterocycles. The van der Waals surface area contributed by atoms with Crippen LogP contribution in [0.2, 0.25) is 0 Å². The Morgan fingerprint density at radius 2 is 2.14 bits per heavy atom. The Morgan fingerprint density at radius 3 is 2.73 bits per heavy atom. The van der Waals surface area contributed by atoms with E-state index in [0.717, 1.165) is 37.8 Å². The first-order valence-electron chi connectivity index (χ1n) is 6.64. The van der Waals surface area contributed by atoms with Crippen molar-refractivity contribution in [2.24, 2.45) is 0 Å². The molecule has 0 radical (unpaired) electrons. The van der Waals surface area contributed by atoms with E-state index < -0.39 is 21.7 Å².